The first-order valence-electron chi connectivity index (χ1n) is 11.5. The Labute approximate surface area is 209 Å². The van der Waals surface area contributed by atoms with Gasteiger partial charge in [-0.05, 0) is 43.4 Å². The Kier molecular flexibility index (Phi) is 6.61. The number of ether oxygens (including phenoxy) is 2. The lowest BCUT2D eigenvalue weighted by Crippen LogP contribution is -2.50. The summed E-state index contributed by atoms with van der Waals surface area (Å²) in [5.74, 6) is 1.58. The van der Waals surface area contributed by atoms with E-state index < -0.39 is 21.3 Å². The topological polar surface area (TPSA) is 114 Å². The molecule has 1 amide bonds. The average molecular weight is 510 g/mol. The Morgan fingerprint density at radius 1 is 1.08 bits per heavy atom. The zero-order valence-electron chi connectivity index (χ0n) is 20.0. The van der Waals surface area contributed by atoms with Crippen molar-refractivity contribution in [3.8, 4) is 17.1 Å². The van der Waals surface area contributed by atoms with Gasteiger partial charge in [0.1, 0.15) is 11.6 Å². The number of hydrogen-bond donors (Lipinski definition) is 1. The molecule has 1 saturated heterocycles. The molecule has 10 nitrogen and oxygen atoms in total. The molecule has 0 spiro atoms. The predicted molar refractivity (Wildman–Crippen MR) is 136 cm³/mol. The van der Waals surface area contributed by atoms with Gasteiger partial charge in [0.15, 0.2) is 21.0 Å². The summed E-state index contributed by atoms with van der Waals surface area (Å²) in [6, 6.07) is 15.9. The Balaban J connectivity index is 1.42. The summed E-state index contributed by atoms with van der Waals surface area (Å²) in [6.45, 7) is 2.25. The third-order valence-electron chi connectivity index (χ3n) is 6.11. The second kappa shape index (κ2) is 9.84. The molecular weight excluding hydrogens is 482 g/mol. The minimum Gasteiger partial charge on any atom is -0.410 e. The van der Waals surface area contributed by atoms with Crippen molar-refractivity contribution >= 4 is 27.4 Å². The number of para-hydroxylation sites is 1. The van der Waals surface area contributed by atoms with Crippen molar-refractivity contribution in [1.82, 2.24) is 14.9 Å². The number of rotatable bonds is 5. The van der Waals surface area contributed by atoms with Crippen LogP contribution in [-0.2, 0) is 27.7 Å². The van der Waals surface area contributed by atoms with E-state index in [4.69, 9.17) is 19.4 Å². The highest BCUT2D eigenvalue weighted by atomic mass is 32.2. The van der Waals surface area contributed by atoms with Crippen LogP contribution in [0.1, 0.15) is 11.3 Å². The van der Waals surface area contributed by atoms with Crippen LogP contribution in [0.15, 0.2) is 54.6 Å². The molecule has 1 atom stereocenters. The van der Waals surface area contributed by atoms with Crippen LogP contribution >= 0.6 is 0 Å². The molecule has 1 unspecified atom stereocenters. The maximum Gasteiger partial charge on any atom is 0.417 e. The number of nitrogens with one attached hydrogen (secondary N) is 1. The van der Waals surface area contributed by atoms with Gasteiger partial charge >= 0.3 is 6.09 Å². The minimum absolute atomic E-state index is 0.0994. The number of morpholine rings is 1. The van der Waals surface area contributed by atoms with Gasteiger partial charge in [-0.25, -0.2) is 23.2 Å². The monoisotopic (exact) mass is 509 g/mol. The highest BCUT2D eigenvalue weighted by Crippen LogP contribution is 2.33. The maximum atomic E-state index is 12.5. The van der Waals surface area contributed by atoms with Gasteiger partial charge in [-0.1, -0.05) is 18.2 Å². The van der Waals surface area contributed by atoms with Gasteiger partial charge in [-0.15, -0.1) is 0 Å². The van der Waals surface area contributed by atoms with Crippen molar-refractivity contribution in [1.29, 1.82) is 0 Å². The molecule has 2 aliphatic rings. The number of carbonyl (C=O) groups excluding carboxylic acids is 1. The Morgan fingerprint density at radius 3 is 2.56 bits per heavy atom. The number of fused-ring (bicyclic) bond motifs is 1. The van der Waals surface area contributed by atoms with Crippen molar-refractivity contribution in [2.75, 3.05) is 43.3 Å². The molecule has 0 radical (unpaired) electrons. The molecule has 0 saturated carbocycles. The summed E-state index contributed by atoms with van der Waals surface area (Å²) >= 11 is 0. The van der Waals surface area contributed by atoms with Crippen LogP contribution in [-0.4, -0.2) is 67.8 Å². The quantitative estimate of drug-likeness (QED) is 0.554. The zero-order chi connectivity index (χ0) is 25.3. The van der Waals surface area contributed by atoms with Crippen molar-refractivity contribution in [3.63, 3.8) is 0 Å². The second-order valence-corrected chi connectivity index (χ2v) is 11.1. The molecule has 3 heterocycles. The first kappa shape index (κ1) is 24.2. The highest BCUT2D eigenvalue weighted by Gasteiger charge is 2.36. The SMILES string of the molecule is CN1Cc2nc(-c3ccc(NC(=O)Oc4ccccc4)cc3)nc(N3CCOCC3S(C)(=O)=O)c2C1. The van der Waals surface area contributed by atoms with Gasteiger partial charge < -0.3 is 14.4 Å². The smallest absolute Gasteiger partial charge is 0.410 e. The lowest BCUT2D eigenvalue weighted by atomic mass is 10.1. The lowest BCUT2D eigenvalue weighted by Gasteiger charge is -2.36. The zero-order valence-corrected chi connectivity index (χ0v) is 20.9. The van der Waals surface area contributed by atoms with Gasteiger partial charge in [0.25, 0.3) is 0 Å². The molecule has 2 aliphatic heterocycles. The van der Waals surface area contributed by atoms with Gasteiger partial charge in [0, 0.05) is 42.7 Å². The van der Waals surface area contributed by atoms with E-state index in [1.807, 2.05) is 30.1 Å². The number of carbonyl (C=O) groups is 1. The van der Waals surface area contributed by atoms with E-state index in [1.54, 1.807) is 36.4 Å². The molecule has 11 heteroatoms. The second-order valence-electron chi connectivity index (χ2n) is 8.93. The summed E-state index contributed by atoms with van der Waals surface area (Å²) < 4.78 is 35.8. The van der Waals surface area contributed by atoms with Crippen molar-refractivity contribution in [2.24, 2.45) is 0 Å². The van der Waals surface area contributed by atoms with Crippen LogP contribution in [0.25, 0.3) is 11.4 Å². The first-order chi connectivity index (χ1) is 17.3. The van der Waals surface area contributed by atoms with Crippen LogP contribution in [0, 0.1) is 0 Å². The number of anilines is 2. The molecule has 1 N–H and O–H groups in total. The fourth-order valence-corrected chi connectivity index (χ4v) is 5.39. The van der Waals surface area contributed by atoms with Crippen LogP contribution < -0.4 is 15.0 Å². The lowest BCUT2D eigenvalue weighted by molar-refractivity contribution is 0.112. The average Bonchev–Trinajstić information content (AvgIpc) is 3.24. The largest absolute Gasteiger partial charge is 0.417 e. The summed E-state index contributed by atoms with van der Waals surface area (Å²) in [6.07, 6.45) is 0.634. The van der Waals surface area contributed by atoms with Gasteiger partial charge in [-0.2, -0.15) is 0 Å². The first-order valence-corrected chi connectivity index (χ1v) is 13.5. The number of nitrogens with zero attached hydrogens (tertiary/aromatic N) is 4. The standard InChI is InChI=1S/C25H27N5O5S/c1-29-14-20-21(15-29)27-23(28-24(20)30-12-13-34-16-22(30)36(2,32)33)17-8-10-18(11-9-17)26-25(31)35-19-6-4-3-5-7-19/h3-11,22H,12-16H2,1-2H3,(H,26,31). The molecule has 5 rings (SSSR count). The predicted octanol–water partition coefficient (Wildman–Crippen LogP) is 2.91. The van der Waals surface area contributed by atoms with Gasteiger partial charge in [-0.3, -0.25) is 10.2 Å². The Hall–Kier alpha value is -3.54. The van der Waals surface area contributed by atoms with Crippen LogP contribution in [0.2, 0.25) is 0 Å². The summed E-state index contributed by atoms with van der Waals surface area (Å²) in [5, 5.41) is 1.90. The molecule has 0 aliphatic carbocycles. The van der Waals surface area contributed by atoms with Gasteiger partial charge in [0.2, 0.25) is 0 Å². The molecule has 0 bridgehead atoms. The van der Waals surface area contributed by atoms with E-state index in [1.165, 1.54) is 6.26 Å². The minimum atomic E-state index is -3.40. The Bertz CT molecular complexity index is 1370. The third kappa shape index (κ3) is 5.18. The van der Waals surface area contributed by atoms with Crippen LogP contribution in [0.3, 0.4) is 0 Å². The molecule has 1 aromatic heterocycles. The van der Waals surface area contributed by atoms with E-state index in [2.05, 4.69) is 10.2 Å². The molecular formula is C25H27N5O5S. The molecule has 188 valence electrons. The number of amides is 1. The van der Waals surface area contributed by atoms with E-state index in [-0.39, 0.29) is 6.61 Å². The summed E-state index contributed by atoms with van der Waals surface area (Å²) in [5.41, 5.74) is 3.13. The highest BCUT2D eigenvalue weighted by molar-refractivity contribution is 7.91. The Morgan fingerprint density at radius 2 is 1.83 bits per heavy atom. The van der Waals surface area contributed by atoms with Crippen molar-refractivity contribution in [3.05, 3.63) is 65.9 Å². The fraction of sp³-hybridized carbons (Fsp3) is 0.320. The van der Waals surface area contributed by atoms with Crippen LogP contribution in [0.5, 0.6) is 5.75 Å². The van der Waals surface area contributed by atoms with Crippen molar-refractivity contribution < 1.29 is 22.7 Å². The fourth-order valence-electron chi connectivity index (χ4n) is 4.38. The van der Waals surface area contributed by atoms with Crippen molar-refractivity contribution in [2.45, 2.75) is 18.5 Å². The molecule has 2 aromatic carbocycles. The molecule has 36 heavy (non-hydrogen) atoms. The summed E-state index contributed by atoms with van der Waals surface area (Å²) in [4.78, 5) is 25.8. The normalized spacial score (nSPS) is 18.1. The van der Waals surface area contributed by atoms with E-state index in [0.29, 0.717) is 49.3 Å². The number of aromatic nitrogens is 2. The summed E-state index contributed by atoms with van der Waals surface area (Å²) in [7, 11) is -1.40. The van der Waals surface area contributed by atoms with E-state index in [0.717, 1.165) is 16.8 Å². The van der Waals surface area contributed by atoms with Crippen LogP contribution in [0.4, 0.5) is 16.3 Å². The van der Waals surface area contributed by atoms with Gasteiger partial charge in [0.05, 0.1) is 18.9 Å². The number of benzene rings is 2. The van der Waals surface area contributed by atoms with E-state index in [9.17, 15) is 13.2 Å². The number of hydrogen-bond acceptors (Lipinski definition) is 9. The molecule has 3 aromatic rings. The maximum absolute atomic E-state index is 12.5. The van der Waals surface area contributed by atoms with E-state index >= 15 is 0 Å². The third-order valence-corrected chi connectivity index (χ3v) is 7.49. The molecule has 1 fully saturated rings. The number of sulfone groups is 1.